The zero-order chi connectivity index (χ0) is 14.0. The number of nitriles is 1. The van der Waals surface area contributed by atoms with Crippen molar-refractivity contribution in [3.8, 4) is 6.07 Å². The molecule has 0 saturated heterocycles. The van der Waals surface area contributed by atoms with Crippen LogP contribution in [-0.4, -0.2) is 16.9 Å². The monoisotopic (exact) mass is 266 g/mol. The molecule has 0 saturated carbocycles. The molecule has 2 aromatic rings. The number of nitrogens with one attached hydrogen (secondary N) is 1. The highest BCUT2D eigenvalue weighted by Crippen LogP contribution is 2.25. The smallest absolute Gasteiger partial charge is 0.360 e. The SMILES string of the molecule is N#Cc1ccc2[nH]cc(C(=O)CCC(F)(F)F)c2c1. The first-order valence-corrected chi connectivity index (χ1v) is 5.52. The Morgan fingerprint density at radius 2 is 2.11 bits per heavy atom. The molecular formula is C13H9F3N2O. The molecule has 0 spiro atoms. The first-order chi connectivity index (χ1) is 8.90. The summed E-state index contributed by atoms with van der Waals surface area (Å²) in [7, 11) is 0. The van der Waals surface area contributed by atoms with Crippen molar-refractivity contribution < 1.29 is 18.0 Å². The van der Waals surface area contributed by atoms with Crippen LogP contribution in [0.1, 0.15) is 28.8 Å². The molecule has 0 unspecified atom stereocenters. The number of hydrogen-bond acceptors (Lipinski definition) is 2. The fourth-order valence-corrected chi connectivity index (χ4v) is 1.81. The van der Waals surface area contributed by atoms with E-state index in [9.17, 15) is 18.0 Å². The van der Waals surface area contributed by atoms with Gasteiger partial charge >= 0.3 is 6.18 Å². The number of halogens is 3. The summed E-state index contributed by atoms with van der Waals surface area (Å²) in [5, 5.41) is 9.26. The minimum atomic E-state index is -4.35. The molecule has 2 rings (SSSR count). The zero-order valence-corrected chi connectivity index (χ0v) is 9.71. The number of Topliss-reactive ketones (excluding diaryl/α,β-unsaturated/α-hetero) is 1. The second kappa shape index (κ2) is 4.76. The van der Waals surface area contributed by atoms with Gasteiger partial charge in [0.15, 0.2) is 5.78 Å². The molecule has 19 heavy (non-hydrogen) atoms. The number of carbonyl (C=O) groups is 1. The second-order valence-electron chi connectivity index (χ2n) is 4.11. The summed E-state index contributed by atoms with van der Waals surface area (Å²) in [6.45, 7) is 0. The molecule has 98 valence electrons. The molecular weight excluding hydrogens is 257 g/mol. The van der Waals surface area contributed by atoms with Gasteiger partial charge in [-0.15, -0.1) is 0 Å². The van der Waals surface area contributed by atoms with E-state index in [4.69, 9.17) is 5.26 Å². The third kappa shape index (κ3) is 2.94. The van der Waals surface area contributed by atoms with Crippen LogP contribution >= 0.6 is 0 Å². The lowest BCUT2D eigenvalue weighted by atomic mass is 10.0. The van der Waals surface area contributed by atoms with Crippen LogP contribution in [0.15, 0.2) is 24.4 Å². The predicted octanol–water partition coefficient (Wildman–Crippen LogP) is 3.56. The topological polar surface area (TPSA) is 56.6 Å². The molecule has 6 heteroatoms. The first-order valence-electron chi connectivity index (χ1n) is 5.52. The average Bonchev–Trinajstić information content (AvgIpc) is 2.77. The number of aromatic nitrogens is 1. The first kappa shape index (κ1) is 13.1. The largest absolute Gasteiger partial charge is 0.389 e. The summed E-state index contributed by atoms with van der Waals surface area (Å²) >= 11 is 0. The van der Waals surface area contributed by atoms with Crippen LogP contribution in [0.3, 0.4) is 0 Å². The van der Waals surface area contributed by atoms with Crippen molar-refractivity contribution in [2.45, 2.75) is 19.0 Å². The number of H-pyrrole nitrogens is 1. The van der Waals surface area contributed by atoms with Crippen LogP contribution in [0.4, 0.5) is 13.2 Å². The number of benzene rings is 1. The van der Waals surface area contributed by atoms with Gasteiger partial charge in [0.2, 0.25) is 0 Å². The van der Waals surface area contributed by atoms with Crippen molar-refractivity contribution in [3.63, 3.8) is 0 Å². The van der Waals surface area contributed by atoms with Crippen LogP contribution in [0.5, 0.6) is 0 Å². The van der Waals surface area contributed by atoms with Gasteiger partial charge in [0.1, 0.15) is 0 Å². The van der Waals surface area contributed by atoms with Gasteiger partial charge in [-0.25, -0.2) is 0 Å². The normalized spacial score (nSPS) is 11.5. The second-order valence-corrected chi connectivity index (χ2v) is 4.11. The Kier molecular flexibility index (Phi) is 3.30. The Hall–Kier alpha value is -2.29. The van der Waals surface area contributed by atoms with Gasteiger partial charge in [-0.2, -0.15) is 18.4 Å². The van der Waals surface area contributed by atoms with E-state index in [0.717, 1.165) is 0 Å². The minimum absolute atomic E-state index is 0.191. The van der Waals surface area contributed by atoms with Crippen molar-refractivity contribution in [1.82, 2.24) is 4.98 Å². The van der Waals surface area contributed by atoms with E-state index in [0.29, 0.717) is 16.5 Å². The quantitative estimate of drug-likeness (QED) is 0.863. The lowest BCUT2D eigenvalue weighted by Gasteiger charge is -2.04. The molecule has 1 N–H and O–H groups in total. The van der Waals surface area contributed by atoms with Gasteiger partial charge in [0.25, 0.3) is 0 Å². The third-order valence-corrected chi connectivity index (χ3v) is 2.75. The number of aromatic amines is 1. The molecule has 0 fully saturated rings. The summed E-state index contributed by atoms with van der Waals surface area (Å²) in [4.78, 5) is 14.6. The fourth-order valence-electron chi connectivity index (χ4n) is 1.81. The highest BCUT2D eigenvalue weighted by molar-refractivity contribution is 6.08. The summed E-state index contributed by atoms with van der Waals surface area (Å²) in [6.07, 6.45) is -4.70. The molecule has 0 amide bonds. The predicted molar refractivity (Wildman–Crippen MR) is 62.6 cm³/mol. The molecule has 0 bridgehead atoms. The molecule has 1 aromatic heterocycles. The van der Waals surface area contributed by atoms with E-state index in [2.05, 4.69) is 4.98 Å². The zero-order valence-electron chi connectivity index (χ0n) is 9.71. The van der Waals surface area contributed by atoms with Crippen LogP contribution in [0.25, 0.3) is 10.9 Å². The number of hydrogen-bond donors (Lipinski definition) is 1. The van der Waals surface area contributed by atoms with Gasteiger partial charge in [0, 0.05) is 29.1 Å². The van der Waals surface area contributed by atoms with Crippen LogP contribution < -0.4 is 0 Å². The number of alkyl halides is 3. The van der Waals surface area contributed by atoms with Crippen molar-refractivity contribution in [3.05, 3.63) is 35.5 Å². The van der Waals surface area contributed by atoms with E-state index in [-0.39, 0.29) is 5.56 Å². The maximum Gasteiger partial charge on any atom is 0.389 e. The van der Waals surface area contributed by atoms with Gasteiger partial charge < -0.3 is 4.98 Å². The van der Waals surface area contributed by atoms with Crippen molar-refractivity contribution in [2.24, 2.45) is 0 Å². The highest BCUT2D eigenvalue weighted by Gasteiger charge is 2.28. The van der Waals surface area contributed by atoms with Crippen molar-refractivity contribution in [1.29, 1.82) is 5.26 Å². The fraction of sp³-hybridized carbons (Fsp3) is 0.231. The van der Waals surface area contributed by atoms with Crippen molar-refractivity contribution in [2.75, 3.05) is 0 Å². The maximum atomic E-state index is 12.1. The lowest BCUT2D eigenvalue weighted by molar-refractivity contribution is -0.133. The molecule has 0 aliphatic carbocycles. The minimum Gasteiger partial charge on any atom is -0.360 e. The molecule has 0 atom stereocenters. The van der Waals surface area contributed by atoms with E-state index in [1.54, 1.807) is 12.1 Å². The van der Waals surface area contributed by atoms with E-state index >= 15 is 0 Å². The maximum absolute atomic E-state index is 12.1. The summed E-state index contributed by atoms with van der Waals surface area (Å²) in [5.74, 6) is -0.585. The van der Waals surface area contributed by atoms with Crippen LogP contribution in [0.2, 0.25) is 0 Å². The van der Waals surface area contributed by atoms with E-state index in [1.807, 2.05) is 6.07 Å². The number of carbonyl (C=O) groups excluding carboxylic acids is 1. The molecule has 3 nitrogen and oxygen atoms in total. The molecule has 0 aliphatic rings. The average molecular weight is 266 g/mol. The highest BCUT2D eigenvalue weighted by atomic mass is 19.4. The standard InChI is InChI=1S/C13H9F3N2O/c14-13(15,16)4-3-12(19)10-7-18-11-2-1-8(6-17)5-9(10)11/h1-2,5,7,18H,3-4H2. The molecule has 1 aromatic carbocycles. The third-order valence-electron chi connectivity index (χ3n) is 2.75. The van der Waals surface area contributed by atoms with Crippen LogP contribution in [0, 0.1) is 11.3 Å². The number of fused-ring (bicyclic) bond motifs is 1. The summed E-state index contributed by atoms with van der Waals surface area (Å²) < 4.78 is 36.3. The van der Waals surface area contributed by atoms with Gasteiger partial charge in [-0.05, 0) is 18.2 Å². The van der Waals surface area contributed by atoms with Gasteiger partial charge in [-0.3, -0.25) is 4.79 Å². The summed E-state index contributed by atoms with van der Waals surface area (Å²) in [6, 6.07) is 6.61. The Labute approximate surface area is 106 Å². The molecule has 1 heterocycles. The summed E-state index contributed by atoms with van der Waals surface area (Å²) in [5.41, 5.74) is 1.17. The Morgan fingerprint density at radius 3 is 2.74 bits per heavy atom. The van der Waals surface area contributed by atoms with E-state index in [1.165, 1.54) is 12.3 Å². The Bertz CT molecular complexity index is 665. The van der Waals surface area contributed by atoms with Gasteiger partial charge in [-0.1, -0.05) is 0 Å². The number of rotatable bonds is 3. The Morgan fingerprint density at radius 1 is 1.37 bits per heavy atom. The lowest BCUT2D eigenvalue weighted by Crippen LogP contribution is -2.10. The number of ketones is 1. The van der Waals surface area contributed by atoms with Crippen molar-refractivity contribution >= 4 is 16.7 Å². The Balaban J connectivity index is 2.30. The molecule has 0 aliphatic heterocycles. The van der Waals surface area contributed by atoms with Gasteiger partial charge in [0.05, 0.1) is 18.1 Å². The number of nitrogens with zero attached hydrogens (tertiary/aromatic N) is 1. The van der Waals surface area contributed by atoms with E-state index < -0.39 is 24.8 Å². The van der Waals surface area contributed by atoms with Crippen LogP contribution in [-0.2, 0) is 0 Å². The molecule has 0 radical (unpaired) electrons.